The maximum atomic E-state index is 12.9. The fourth-order valence-corrected chi connectivity index (χ4v) is 4.90. The summed E-state index contributed by atoms with van der Waals surface area (Å²) < 4.78 is 15.7. The Labute approximate surface area is 173 Å². The van der Waals surface area contributed by atoms with Crippen molar-refractivity contribution in [3.8, 4) is 11.5 Å². The predicted molar refractivity (Wildman–Crippen MR) is 110 cm³/mol. The average Bonchev–Trinajstić information content (AvgIpc) is 3.34. The standard InChI is InChI=1S/C21H24N2O5S/c1-26-10-4-9-22-20(25)18-14-5-2-3-6-17(14)29-21(18)23-19(24)13-7-8-15-16(11-13)28-12-27-15/h7-8,11H,2-6,9-10,12H2,1H3,(H,22,25)(H,23,24). The lowest BCUT2D eigenvalue weighted by Gasteiger charge is -2.13. The van der Waals surface area contributed by atoms with Gasteiger partial charge < -0.3 is 24.8 Å². The fraction of sp³-hybridized carbons (Fsp3) is 0.429. The molecule has 2 aromatic rings. The van der Waals surface area contributed by atoms with E-state index in [-0.39, 0.29) is 18.6 Å². The molecule has 0 unspecified atom stereocenters. The number of anilines is 1. The number of hydrogen-bond donors (Lipinski definition) is 2. The summed E-state index contributed by atoms with van der Waals surface area (Å²) in [4.78, 5) is 26.9. The maximum absolute atomic E-state index is 12.9. The average molecular weight is 416 g/mol. The Morgan fingerprint density at radius 2 is 1.97 bits per heavy atom. The zero-order valence-electron chi connectivity index (χ0n) is 16.3. The molecule has 0 radical (unpaired) electrons. The van der Waals surface area contributed by atoms with Crippen molar-refractivity contribution in [2.75, 3.05) is 32.4 Å². The Morgan fingerprint density at radius 3 is 2.83 bits per heavy atom. The molecule has 1 aromatic carbocycles. The number of amides is 2. The molecule has 4 rings (SSSR count). The van der Waals surface area contributed by atoms with Gasteiger partial charge in [0.25, 0.3) is 11.8 Å². The van der Waals surface area contributed by atoms with Crippen LogP contribution in [0.5, 0.6) is 11.5 Å². The van der Waals surface area contributed by atoms with Gasteiger partial charge in [-0.15, -0.1) is 11.3 Å². The van der Waals surface area contributed by atoms with Crippen molar-refractivity contribution in [1.29, 1.82) is 0 Å². The number of hydrogen-bond acceptors (Lipinski definition) is 6. The van der Waals surface area contributed by atoms with E-state index in [1.54, 1.807) is 25.3 Å². The highest BCUT2D eigenvalue weighted by molar-refractivity contribution is 7.17. The van der Waals surface area contributed by atoms with E-state index >= 15 is 0 Å². The van der Waals surface area contributed by atoms with E-state index in [0.29, 0.717) is 40.8 Å². The lowest BCUT2D eigenvalue weighted by molar-refractivity contribution is 0.0948. The molecule has 2 N–H and O–H groups in total. The van der Waals surface area contributed by atoms with Crippen LogP contribution in [-0.4, -0.2) is 38.9 Å². The second kappa shape index (κ2) is 8.84. The third kappa shape index (κ3) is 4.23. The first kappa shape index (κ1) is 19.7. The summed E-state index contributed by atoms with van der Waals surface area (Å²) in [6.07, 6.45) is 4.73. The van der Waals surface area contributed by atoms with Gasteiger partial charge in [-0.05, 0) is 55.9 Å². The number of thiophene rings is 1. The zero-order chi connectivity index (χ0) is 20.2. The van der Waals surface area contributed by atoms with Crippen molar-refractivity contribution in [2.24, 2.45) is 0 Å². The van der Waals surface area contributed by atoms with E-state index < -0.39 is 0 Å². The zero-order valence-corrected chi connectivity index (χ0v) is 17.2. The molecule has 1 aliphatic heterocycles. The third-order valence-electron chi connectivity index (χ3n) is 5.07. The second-order valence-corrected chi connectivity index (χ2v) is 8.14. The van der Waals surface area contributed by atoms with Gasteiger partial charge in [0, 0.05) is 30.7 Å². The van der Waals surface area contributed by atoms with Gasteiger partial charge in [0.15, 0.2) is 11.5 Å². The molecule has 0 bridgehead atoms. The molecule has 154 valence electrons. The maximum Gasteiger partial charge on any atom is 0.256 e. The predicted octanol–water partition coefficient (Wildman–Crippen LogP) is 3.37. The minimum absolute atomic E-state index is 0.138. The number of rotatable bonds is 7. The molecule has 1 aromatic heterocycles. The SMILES string of the molecule is COCCCNC(=O)c1c(NC(=O)c2ccc3c(c2)OCO3)sc2c1CCCC2. The number of carbonyl (C=O) groups is 2. The lowest BCUT2D eigenvalue weighted by Crippen LogP contribution is -2.27. The molecule has 0 fully saturated rings. The molecule has 0 spiro atoms. The Hall–Kier alpha value is -2.58. The van der Waals surface area contributed by atoms with Gasteiger partial charge in [0.05, 0.1) is 5.56 Å². The van der Waals surface area contributed by atoms with Crippen LogP contribution in [0, 0.1) is 0 Å². The number of aryl methyl sites for hydroxylation is 1. The number of carbonyl (C=O) groups excluding carboxylic acids is 2. The van der Waals surface area contributed by atoms with E-state index in [2.05, 4.69) is 10.6 Å². The van der Waals surface area contributed by atoms with Crippen molar-refractivity contribution in [2.45, 2.75) is 32.1 Å². The summed E-state index contributed by atoms with van der Waals surface area (Å²) in [5.74, 6) is 0.778. The van der Waals surface area contributed by atoms with E-state index in [1.807, 2.05) is 0 Å². The van der Waals surface area contributed by atoms with E-state index in [4.69, 9.17) is 14.2 Å². The van der Waals surface area contributed by atoms with Gasteiger partial charge in [0.1, 0.15) is 5.00 Å². The lowest BCUT2D eigenvalue weighted by atomic mass is 9.95. The van der Waals surface area contributed by atoms with Crippen LogP contribution in [-0.2, 0) is 17.6 Å². The molecule has 0 atom stereocenters. The first-order valence-corrected chi connectivity index (χ1v) is 10.6. The molecule has 29 heavy (non-hydrogen) atoms. The van der Waals surface area contributed by atoms with Gasteiger partial charge in [-0.3, -0.25) is 9.59 Å². The summed E-state index contributed by atoms with van der Waals surface area (Å²) in [7, 11) is 1.64. The summed E-state index contributed by atoms with van der Waals surface area (Å²) in [5, 5.41) is 6.53. The van der Waals surface area contributed by atoms with Crippen LogP contribution >= 0.6 is 11.3 Å². The van der Waals surface area contributed by atoms with Crippen LogP contribution in [0.25, 0.3) is 0 Å². The highest BCUT2D eigenvalue weighted by Gasteiger charge is 2.27. The Balaban J connectivity index is 1.55. The molecule has 7 nitrogen and oxygen atoms in total. The highest BCUT2D eigenvalue weighted by atomic mass is 32.1. The van der Waals surface area contributed by atoms with E-state index in [1.165, 1.54) is 16.2 Å². The largest absolute Gasteiger partial charge is 0.454 e. The molecule has 0 saturated carbocycles. The van der Waals surface area contributed by atoms with Gasteiger partial charge in [0.2, 0.25) is 6.79 Å². The Morgan fingerprint density at radius 1 is 1.14 bits per heavy atom. The number of fused-ring (bicyclic) bond motifs is 2. The number of benzene rings is 1. The van der Waals surface area contributed by atoms with Crippen LogP contribution in [0.3, 0.4) is 0 Å². The topological polar surface area (TPSA) is 85.9 Å². The van der Waals surface area contributed by atoms with Crippen molar-refractivity contribution in [1.82, 2.24) is 5.32 Å². The van der Waals surface area contributed by atoms with Crippen molar-refractivity contribution in [3.05, 3.63) is 39.8 Å². The highest BCUT2D eigenvalue weighted by Crippen LogP contribution is 2.39. The van der Waals surface area contributed by atoms with Gasteiger partial charge >= 0.3 is 0 Å². The van der Waals surface area contributed by atoms with Crippen molar-refractivity contribution >= 4 is 28.2 Å². The Bertz CT molecular complexity index is 924. The summed E-state index contributed by atoms with van der Waals surface area (Å²) >= 11 is 1.51. The molecule has 2 aliphatic rings. The first-order chi connectivity index (χ1) is 14.2. The van der Waals surface area contributed by atoms with Gasteiger partial charge in [-0.1, -0.05) is 0 Å². The minimum atomic E-state index is -0.268. The van der Waals surface area contributed by atoms with Gasteiger partial charge in [-0.2, -0.15) is 0 Å². The van der Waals surface area contributed by atoms with Crippen LogP contribution in [0.4, 0.5) is 5.00 Å². The fourth-order valence-electron chi connectivity index (χ4n) is 3.61. The normalized spacial score (nSPS) is 14.4. The van der Waals surface area contributed by atoms with Crippen LogP contribution in [0.15, 0.2) is 18.2 Å². The van der Waals surface area contributed by atoms with Crippen LogP contribution in [0.2, 0.25) is 0 Å². The minimum Gasteiger partial charge on any atom is -0.454 e. The van der Waals surface area contributed by atoms with E-state index in [0.717, 1.165) is 37.7 Å². The number of ether oxygens (including phenoxy) is 3. The van der Waals surface area contributed by atoms with E-state index in [9.17, 15) is 9.59 Å². The van der Waals surface area contributed by atoms with Gasteiger partial charge in [-0.25, -0.2) is 0 Å². The van der Waals surface area contributed by atoms with Crippen LogP contribution < -0.4 is 20.1 Å². The molecular weight excluding hydrogens is 392 g/mol. The Kier molecular flexibility index (Phi) is 6.01. The smallest absolute Gasteiger partial charge is 0.256 e. The first-order valence-electron chi connectivity index (χ1n) is 9.80. The molecule has 2 heterocycles. The second-order valence-electron chi connectivity index (χ2n) is 7.04. The molecule has 2 amide bonds. The summed E-state index contributed by atoms with van der Waals surface area (Å²) in [5.41, 5.74) is 2.15. The summed E-state index contributed by atoms with van der Waals surface area (Å²) in [6.45, 7) is 1.29. The number of methoxy groups -OCH3 is 1. The van der Waals surface area contributed by atoms with Crippen molar-refractivity contribution < 1.29 is 23.8 Å². The molecule has 8 heteroatoms. The number of nitrogens with one attached hydrogen (secondary N) is 2. The van der Waals surface area contributed by atoms with Crippen molar-refractivity contribution in [3.63, 3.8) is 0 Å². The molecule has 1 aliphatic carbocycles. The van der Waals surface area contributed by atoms with Crippen LogP contribution in [0.1, 0.15) is 50.4 Å². The third-order valence-corrected chi connectivity index (χ3v) is 6.28. The quantitative estimate of drug-likeness (QED) is 0.676. The monoisotopic (exact) mass is 416 g/mol. The molecular formula is C21H24N2O5S. The molecule has 0 saturated heterocycles. The summed E-state index contributed by atoms with van der Waals surface area (Å²) in [6, 6.07) is 5.08.